The smallest absolute Gasteiger partial charge is 0.450 e. The van der Waals surface area contributed by atoms with Gasteiger partial charge in [-0.1, -0.05) is 0 Å². The van der Waals surface area contributed by atoms with Gasteiger partial charge >= 0.3 is 18.1 Å². The van der Waals surface area contributed by atoms with Crippen LogP contribution in [0.4, 0.5) is 13.2 Å². The molecule has 1 aromatic heterocycles. The molecule has 0 radical (unpaired) electrons. The molecule has 0 fully saturated rings. The van der Waals surface area contributed by atoms with Crippen LogP contribution in [0.3, 0.4) is 0 Å². The highest BCUT2D eigenvalue weighted by atomic mass is 19.4. The summed E-state index contributed by atoms with van der Waals surface area (Å²) in [6, 6.07) is 0.679. The number of furan rings is 1. The van der Waals surface area contributed by atoms with E-state index in [4.69, 9.17) is 9.47 Å². The fraction of sp³-hybridized carbons (Fsp3) is 0.538. The lowest BCUT2D eigenvalue weighted by atomic mass is 10.2. The summed E-state index contributed by atoms with van der Waals surface area (Å²) >= 11 is 0. The number of esters is 2. The first-order chi connectivity index (χ1) is 9.52. The van der Waals surface area contributed by atoms with E-state index in [1.165, 1.54) is 27.7 Å². The van der Waals surface area contributed by atoms with Crippen LogP contribution in [0.15, 0.2) is 10.5 Å². The van der Waals surface area contributed by atoms with E-state index in [9.17, 15) is 22.8 Å². The van der Waals surface area contributed by atoms with Crippen molar-refractivity contribution in [3.63, 3.8) is 0 Å². The molecular formula is C13H15F3O5. The molecule has 0 unspecified atom stereocenters. The van der Waals surface area contributed by atoms with E-state index < -0.39 is 47.4 Å². The van der Waals surface area contributed by atoms with Crippen molar-refractivity contribution in [1.82, 2.24) is 0 Å². The lowest BCUT2D eigenvalue weighted by molar-refractivity contribution is -0.153. The van der Waals surface area contributed by atoms with Crippen LogP contribution in [0.1, 0.15) is 54.4 Å². The molecular weight excluding hydrogens is 293 g/mol. The molecule has 0 atom stereocenters. The standard InChI is InChI=1S/C13H15F3O5/c1-6(2)19-11(17)8-5-9(12(18)20-7(3)4)21-10(8)13(14,15)16/h5-7H,1-4H3. The molecule has 5 nitrogen and oxygen atoms in total. The maximum atomic E-state index is 12.8. The van der Waals surface area contributed by atoms with Gasteiger partial charge in [0.2, 0.25) is 11.5 Å². The Kier molecular flexibility index (Phi) is 5.03. The first-order valence-electron chi connectivity index (χ1n) is 6.15. The lowest BCUT2D eigenvalue weighted by Crippen LogP contribution is -2.16. The predicted octanol–water partition coefficient (Wildman–Crippen LogP) is 3.43. The van der Waals surface area contributed by atoms with E-state index in [0.717, 1.165) is 0 Å². The van der Waals surface area contributed by atoms with Crippen molar-refractivity contribution in [3.05, 3.63) is 23.2 Å². The minimum atomic E-state index is -4.93. The molecule has 1 heterocycles. The normalized spacial score (nSPS) is 11.9. The molecule has 118 valence electrons. The van der Waals surface area contributed by atoms with Crippen molar-refractivity contribution in [1.29, 1.82) is 0 Å². The van der Waals surface area contributed by atoms with Crippen LogP contribution in [0.25, 0.3) is 0 Å². The minimum absolute atomic E-state index is 0.539. The third kappa shape index (κ3) is 4.51. The van der Waals surface area contributed by atoms with Crippen molar-refractivity contribution >= 4 is 11.9 Å². The van der Waals surface area contributed by atoms with E-state index in [1.807, 2.05) is 0 Å². The van der Waals surface area contributed by atoms with Gasteiger partial charge in [0, 0.05) is 6.07 Å². The van der Waals surface area contributed by atoms with E-state index >= 15 is 0 Å². The second kappa shape index (κ2) is 6.19. The molecule has 0 N–H and O–H groups in total. The minimum Gasteiger partial charge on any atom is -0.459 e. The summed E-state index contributed by atoms with van der Waals surface area (Å²) in [4.78, 5) is 23.2. The lowest BCUT2D eigenvalue weighted by Gasteiger charge is -2.08. The third-order valence-corrected chi connectivity index (χ3v) is 2.10. The highest BCUT2D eigenvalue weighted by molar-refractivity contribution is 5.95. The fourth-order valence-corrected chi connectivity index (χ4v) is 1.40. The maximum absolute atomic E-state index is 12.8. The van der Waals surface area contributed by atoms with Gasteiger partial charge in [0.25, 0.3) is 0 Å². The van der Waals surface area contributed by atoms with Crippen molar-refractivity contribution in [2.24, 2.45) is 0 Å². The summed E-state index contributed by atoms with van der Waals surface area (Å²) in [5.74, 6) is -4.58. The molecule has 0 aromatic carbocycles. The molecule has 0 bridgehead atoms. The zero-order chi connectivity index (χ0) is 16.4. The van der Waals surface area contributed by atoms with Crippen LogP contribution in [0, 0.1) is 0 Å². The van der Waals surface area contributed by atoms with Gasteiger partial charge in [0.1, 0.15) is 5.56 Å². The Morgan fingerprint density at radius 1 is 1.05 bits per heavy atom. The number of carbonyl (C=O) groups excluding carboxylic acids is 2. The van der Waals surface area contributed by atoms with Crippen LogP contribution < -0.4 is 0 Å². The summed E-state index contributed by atoms with van der Waals surface area (Å²) in [6.07, 6.45) is -6.08. The molecule has 0 saturated heterocycles. The van der Waals surface area contributed by atoms with Gasteiger partial charge in [-0.25, -0.2) is 9.59 Å². The highest BCUT2D eigenvalue weighted by Gasteiger charge is 2.42. The number of halogens is 3. The third-order valence-electron chi connectivity index (χ3n) is 2.10. The van der Waals surface area contributed by atoms with E-state index in [0.29, 0.717) is 6.07 Å². The number of hydrogen-bond acceptors (Lipinski definition) is 5. The number of rotatable bonds is 4. The van der Waals surface area contributed by atoms with Crippen molar-refractivity contribution in [2.75, 3.05) is 0 Å². The first kappa shape index (κ1) is 17.1. The molecule has 0 aliphatic carbocycles. The SMILES string of the molecule is CC(C)OC(=O)c1cc(C(=O)OC(C)C)c(C(F)(F)F)o1. The van der Waals surface area contributed by atoms with E-state index in [1.54, 1.807) is 0 Å². The first-order valence-corrected chi connectivity index (χ1v) is 6.15. The Morgan fingerprint density at radius 3 is 1.95 bits per heavy atom. The Labute approximate surface area is 119 Å². The zero-order valence-electron chi connectivity index (χ0n) is 11.9. The van der Waals surface area contributed by atoms with Gasteiger partial charge < -0.3 is 13.9 Å². The van der Waals surface area contributed by atoms with Gasteiger partial charge in [0.15, 0.2) is 0 Å². The summed E-state index contributed by atoms with van der Waals surface area (Å²) < 4.78 is 52.4. The Morgan fingerprint density at radius 2 is 1.52 bits per heavy atom. The molecule has 0 aliphatic heterocycles. The second-order valence-corrected chi connectivity index (χ2v) is 4.76. The predicted molar refractivity (Wildman–Crippen MR) is 64.8 cm³/mol. The van der Waals surface area contributed by atoms with Gasteiger partial charge in [0.05, 0.1) is 12.2 Å². The van der Waals surface area contributed by atoms with Crippen LogP contribution in [-0.2, 0) is 15.7 Å². The molecule has 21 heavy (non-hydrogen) atoms. The van der Waals surface area contributed by atoms with Gasteiger partial charge in [-0.2, -0.15) is 13.2 Å². The Bertz CT molecular complexity index is 528. The summed E-state index contributed by atoms with van der Waals surface area (Å²) in [6.45, 7) is 6.03. The number of carbonyl (C=O) groups is 2. The molecule has 0 aliphatic rings. The second-order valence-electron chi connectivity index (χ2n) is 4.76. The maximum Gasteiger partial charge on any atom is 0.450 e. The van der Waals surface area contributed by atoms with Gasteiger partial charge in [-0.05, 0) is 27.7 Å². The average Bonchev–Trinajstić information content (AvgIpc) is 2.71. The van der Waals surface area contributed by atoms with Crippen LogP contribution in [0.5, 0.6) is 0 Å². The van der Waals surface area contributed by atoms with Crippen LogP contribution in [0.2, 0.25) is 0 Å². The average molecular weight is 308 g/mol. The highest BCUT2D eigenvalue weighted by Crippen LogP contribution is 2.35. The summed E-state index contributed by atoms with van der Waals surface area (Å²) in [5, 5.41) is 0. The molecule has 8 heteroatoms. The van der Waals surface area contributed by atoms with Crippen molar-refractivity contribution < 1.29 is 36.7 Å². The van der Waals surface area contributed by atoms with E-state index in [-0.39, 0.29) is 0 Å². The quantitative estimate of drug-likeness (QED) is 0.797. The van der Waals surface area contributed by atoms with Crippen LogP contribution in [-0.4, -0.2) is 24.1 Å². The summed E-state index contributed by atoms with van der Waals surface area (Å²) in [5.41, 5.74) is -0.855. The Balaban J connectivity index is 3.20. The molecule has 1 aromatic rings. The fourth-order valence-electron chi connectivity index (χ4n) is 1.40. The number of alkyl halides is 3. The van der Waals surface area contributed by atoms with Crippen molar-refractivity contribution in [3.8, 4) is 0 Å². The van der Waals surface area contributed by atoms with Crippen molar-refractivity contribution in [2.45, 2.75) is 46.1 Å². The largest absolute Gasteiger partial charge is 0.459 e. The Hall–Kier alpha value is -1.99. The number of ether oxygens (including phenoxy) is 2. The van der Waals surface area contributed by atoms with Gasteiger partial charge in [-0.15, -0.1) is 0 Å². The zero-order valence-corrected chi connectivity index (χ0v) is 11.9. The topological polar surface area (TPSA) is 65.7 Å². The van der Waals surface area contributed by atoms with Gasteiger partial charge in [-0.3, -0.25) is 0 Å². The molecule has 0 spiro atoms. The summed E-state index contributed by atoms with van der Waals surface area (Å²) in [7, 11) is 0. The molecule has 0 saturated carbocycles. The van der Waals surface area contributed by atoms with E-state index in [2.05, 4.69) is 4.42 Å². The number of hydrogen-bond donors (Lipinski definition) is 0. The van der Waals surface area contributed by atoms with Crippen LogP contribution >= 0.6 is 0 Å². The monoisotopic (exact) mass is 308 g/mol. The molecule has 0 amide bonds. The molecule has 1 rings (SSSR count).